The number of carbonyl (C=O) groups is 1. The smallest absolute Gasteiger partial charge is 0.323 e. The van der Waals surface area contributed by atoms with Crippen LogP contribution in [0.3, 0.4) is 0 Å². The van der Waals surface area contributed by atoms with Crippen LogP contribution >= 0.6 is 15.9 Å². The highest BCUT2D eigenvalue weighted by Crippen LogP contribution is 2.20. The van der Waals surface area contributed by atoms with E-state index < -0.39 is 0 Å². The number of carbonyl (C=O) groups excluding carboxylic acids is 1. The minimum Gasteiger partial charge on any atom is -0.468 e. The molecule has 18 heavy (non-hydrogen) atoms. The van der Waals surface area contributed by atoms with Crippen molar-refractivity contribution in [1.82, 2.24) is 15.1 Å². The Bertz CT molecular complexity index is 398. The van der Waals surface area contributed by atoms with E-state index in [0.29, 0.717) is 13.1 Å². The number of ether oxygens (including phenoxy) is 1. The molecule has 6 heteroatoms. The molecule has 0 aliphatic heterocycles. The number of rotatable bonds is 5. The van der Waals surface area contributed by atoms with E-state index in [0.717, 1.165) is 4.47 Å². The molecular formula is C12H20BrN3O2. The van der Waals surface area contributed by atoms with Gasteiger partial charge in [-0.3, -0.25) is 9.48 Å². The zero-order chi connectivity index (χ0) is 13.8. The maximum absolute atomic E-state index is 11.7. The minimum atomic E-state index is -0.318. The Kier molecular flexibility index (Phi) is 5.34. The Morgan fingerprint density at radius 2 is 2.28 bits per heavy atom. The van der Waals surface area contributed by atoms with Crippen LogP contribution in [0.4, 0.5) is 0 Å². The van der Waals surface area contributed by atoms with Crippen molar-refractivity contribution in [3.05, 3.63) is 16.9 Å². The molecule has 0 bridgehead atoms. The number of hydrogen-bond acceptors (Lipinski definition) is 4. The Morgan fingerprint density at radius 3 is 2.72 bits per heavy atom. The SMILES string of the molecule is COC(=O)C(NCCn1cc(Br)cn1)C(C)(C)C. The van der Waals surface area contributed by atoms with Gasteiger partial charge < -0.3 is 10.1 Å². The van der Waals surface area contributed by atoms with Gasteiger partial charge in [-0.05, 0) is 21.3 Å². The zero-order valence-electron chi connectivity index (χ0n) is 11.2. The molecule has 1 unspecified atom stereocenters. The van der Waals surface area contributed by atoms with Crippen molar-refractivity contribution in [2.24, 2.45) is 5.41 Å². The maximum atomic E-state index is 11.7. The van der Waals surface area contributed by atoms with Crippen LogP contribution in [0.25, 0.3) is 0 Å². The summed E-state index contributed by atoms with van der Waals surface area (Å²) in [5, 5.41) is 7.37. The van der Waals surface area contributed by atoms with Gasteiger partial charge in [-0.25, -0.2) is 0 Å². The molecule has 1 N–H and O–H groups in total. The number of nitrogens with one attached hydrogen (secondary N) is 1. The molecule has 1 heterocycles. The summed E-state index contributed by atoms with van der Waals surface area (Å²) >= 11 is 3.34. The van der Waals surface area contributed by atoms with Crippen LogP contribution in [0.15, 0.2) is 16.9 Å². The minimum absolute atomic E-state index is 0.183. The number of nitrogens with zero attached hydrogens (tertiary/aromatic N) is 2. The average molecular weight is 318 g/mol. The number of hydrogen-bond donors (Lipinski definition) is 1. The van der Waals surface area contributed by atoms with Gasteiger partial charge in [0.1, 0.15) is 6.04 Å². The summed E-state index contributed by atoms with van der Waals surface area (Å²) in [5.41, 5.74) is -0.183. The fraction of sp³-hybridized carbons (Fsp3) is 0.667. The topological polar surface area (TPSA) is 56.1 Å². The molecule has 0 spiro atoms. The third kappa shape index (κ3) is 4.42. The van der Waals surface area contributed by atoms with Crippen LogP contribution in [0, 0.1) is 5.41 Å². The monoisotopic (exact) mass is 317 g/mol. The first-order valence-corrected chi connectivity index (χ1v) is 6.63. The van der Waals surface area contributed by atoms with E-state index in [-0.39, 0.29) is 17.4 Å². The average Bonchev–Trinajstić information content (AvgIpc) is 2.68. The van der Waals surface area contributed by atoms with Crippen LogP contribution in [-0.2, 0) is 16.1 Å². The molecule has 0 aliphatic rings. The molecule has 1 aromatic heterocycles. The van der Waals surface area contributed by atoms with Crippen molar-refractivity contribution in [2.75, 3.05) is 13.7 Å². The highest BCUT2D eigenvalue weighted by atomic mass is 79.9. The Hall–Kier alpha value is -0.880. The summed E-state index contributed by atoms with van der Waals surface area (Å²) in [6.45, 7) is 7.38. The predicted octanol–water partition coefficient (Wildman–Crippen LogP) is 1.82. The van der Waals surface area contributed by atoms with Crippen LogP contribution in [0.1, 0.15) is 20.8 Å². The summed E-state index contributed by atoms with van der Waals surface area (Å²) in [6.07, 6.45) is 3.63. The van der Waals surface area contributed by atoms with Gasteiger partial charge in [-0.15, -0.1) is 0 Å². The van der Waals surface area contributed by atoms with Crippen LogP contribution in [-0.4, -0.2) is 35.4 Å². The Morgan fingerprint density at radius 1 is 1.61 bits per heavy atom. The van der Waals surface area contributed by atoms with Gasteiger partial charge in [-0.2, -0.15) is 5.10 Å². The first-order valence-electron chi connectivity index (χ1n) is 5.84. The van der Waals surface area contributed by atoms with Gasteiger partial charge in [0.05, 0.1) is 24.3 Å². The standard InChI is InChI=1S/C12H20BrN3O2/c1-12(2,3)10(11(17)18-4)14-5-6-16-8-9(13)7-15-16/h7-8,10,14H,5-6H2,1-4H3. The van der Waals surface area contributed by atoms with Gasteiger partial charge >= 0.3 is 5.97 Å². The summed E-state index contributed by atoms with van der Waals surface area (Å²) in [6, 6.07) is -0.318. The molecule has 0 amide bonds. The zero-order valence-corrected chi connectivity index (χ0v) is 12.8. The molecule has 1 aromatic rings. The second kappa shape index (κ2) is 6.33. The molecule has 0 saturated heterocycles. The van der Waals surface area contributed by atoms with Crippen LogP contribution in [0.2, 0.25) is 0 Å². The fourth-order valence-electron chi connectivity index (χ4n) is 1.64. The molecule has 0 saturated carbocycles. The number of methoxy groups -OCH3 is 1. The highest BCUT2D eigenvalue weighted by Gasteiger charge is 2.31. The number of aromatic nitrogens is 2. The quantitative estimate of drug-likeness (QED) is 0.842. The van der Waals surface area contributed by atoms with Gasteiger partial charge in [0.25, 0.3) is 0 Å². The molecule has 0 fully saturated rings. The summed E-state index contributed by atoms with van der Waals surface area (Å²) < 4.78 is 7.58. The second-order valence-corrected chi connectivity index (χ2v) is 6.11. The largest absolute Gasteiger partial charge is 0.468 e. The lowest BCUT2D eigenvalue weighted by Gasteiger charge is -2.29. The van der Waals surface area contributed by atoms with Crippen molar-refractivity contribution in [3.63, 3.8) is 0 Å². The number of halogens is 1. The molecule has 1 rings (SSSR count). The molecule has 0 aromatic carbocycles. The van der Waals surface area contributed by atoms with E-state index in [9.17, 15) is 4.79 Å². The van der Waals surface area contributed by atoms with Crippen molar-refractivity contribution < 1.29 is 9.53 Å². The van der Waals surface area contributed by atoms with Crippen LogP contribution < -0.4 is 5.32 Å². The number of esters is 1. The normalized spacial score (nSPS) is 13.4. The van der Waals surface area contributed by atoms with E-state index >= 15 is 0 Å². The first-order chi connectivity index (χ1) is 8.34. The predicted molar refractivity (Wildman–Crippen MR) is 73.2 cm³/mol. The van der Waals surface area contributed by atoms with Crippen LogP contribution in [0.5, 0.6) is 0 Å². The van der Waals surface area contributed by atoms with Crippen molar-refractivity contribution in [1.29, 1.82) is 0 Å². The lowest BCUT2D eigenvalue weighted by atomic mass is 9.87. The van der Waals surface area contributed by atoms with Crippen molar-refractivity contribution >= 4 is 21.9 Å². The maximum Gasteiger partial charge on any atom is 0.323 e. The fourth-order valence-corrected chi connectivity index (χ4v) is 1.97. The second-order valence-electron chi connectivity index (χ2n) is 5.20. The molecule has 0 aliphatic carbocycles. The highest BCUT2D eigenvalue weighted by molar-refractivity contribution is 9.10. The van der Waals surface area contributed by atoms with E-state index in [1.807, 2.05) is 31.6 Å². The van der Waals surface area contributed by atoms with E-state index in [1.54, 1.807) is 6.20 Å². The Balaban J connectivity index is 2.50. The summed E-state index contributed by atoms with van der Waals surface area (Å²) in [5.74, 6) is -0.232. The van der Waals surface area contributed by atoms with Crippen molar-refractivity contribution in [2.45, 2.75) is 33.4 Å². The van der Waals surface area contributed by atoms with E-state index in [4.69, 9.17) is 4.74 Å². The van der Waals surface area contributed by atoms with E-state index in [2.05, 4.69) is 26.3 Å². The van der Waals surface area contributed by atoms with Gasteiger partial charge in [0.2, 0.25) is 0 Å². The van der Waals surface area contributed by atoms with Gasteiger partial charge in [0, 0.05) is 12.7 Å². The summed E-state index contributed by atoms with van der Waals surface area (Å²) in [7, 11) is 1.41. The molecule has 0 radical (unpaired) electrons. The molecule has 5 nitrogen and oxygen atoms in total. The third-order valence-electron chi connectivity index (χ3n) is 2.59. The van der Waals surface area contributed by atoms with E-state index in [1.165, 1.54) is 7.11 Å². The molecule has 102 valence electrons. The third-order valence-corrected chi connectivity index (χ3v) is 3.00. The molecular weight excluding hydrogens is 298 g/mol. The van der Waals surface area contributed by atoms with Crippen molar-refractivity contribution in [3.8, 4) is 0 Å². The lowest BCUT2D eigenvalue weighted by Crippen LogP contribution is -2.48. The molecule has 1 atom stereocenters. The lowest BCUT2D eigenvalue weighted by molar-refractivity contribution is -0.146. The van der Waals surface area contributed by atoms with Gasteiger partial charge in [-0.1, -0.05) is 20.8 Å². The first kappa shape index (κ1) is 15.2. The summed E-state index contributed by atoms with van der Waals surface area (Å²) in [4.78, 5) is 11.7. The Labute approximate surface area is 116 Å². The van der Waals surface area contributed by atoms with Gasteiger partial charge in [0.15, 0.2) is 0 Å².